The Labute approximate surface area is 147 Å². The average Bonchev–Trinajstić information content (AvgIpc) is 2.55. The van der Waals surface area contributed by atoms with E-state index in [0.29, 0.717) is 17.1 Å². The van der Waals surface area contributed by atoms with Crippen molar-refractivity contribution in [3.05, 3.63) is 64.7 Å². The van der Waals surface area contributed by atoms with Crippen LogP contribution < -0.4 is 10.0 Å². The quantitative estimate of drug-likeness (QED) is 0.791. The zero-order chi connectivity index (χ0) is 17.6. The van der Waals surface area contributed by atoms with Crippen LogP contribution in [0.15, 0.2) is 48.5 Å². The maximum atomic E-state index is 12.0. The Hall–Kier alpha value is -1.89. The zero-order valence-corrected chi connectivity index (χ0v) is 14.8. The minimum atomic E-state index is -3.52. The van der Waals surface area contributed by atoms with Crippen LogP contribution in [0.5, 0.6) is 0 Å². The van der Waals surface area contributed by atoms with Crippen molar-refractivity contribution in [2.75, 3.05) is 17.6 Å². The van der Waals surface area contributed by atoms with Crippen LogP contribution >= 0.6 is 11.6 Å². The Balaban J connectivity index is 1.83. The van der Waals surface area contributed by atoms with Crippen molar-refractivity contribution < 1.29 is 13.2 Å². The molecule has 0 saturated heterocycles. The van der Waals surface area contributed by atoms with E-state index in [2.05, 4.69) is 10.0 Å². The van der Waals surface area contributed by atoms with E-state index in [1.54, 1.807) is 18.2 Å². The number of carbonyl (C=O) groups is 1. The van der Waals surface area contributed by atoms with Gasteiger partial charge in [-0.05, 0) is 42.7 Å². The first-order valence-corrected chi connectivity index (χ1v) is 9.46. The molecule has 0 spiro atoms. The molecule has 0 fully saturated rings. The van der Waals surface area contributed by atoms with Gasteiger partial charge in [0.1, 0.15) is 0 Å². The molecule has 128 valence electrons. The molecule has 2 N–H and O–H groups in total. The second-order valence-corrected chi connectivity index (χ2v) is 7.75. The van der Waals surface area contributed by atoms with Crippen molar-refractivity contribution in [2.45, 2.75) is 13.3 Å². The minimum Gasteiger partial charge on any atom is -0.325 e. The molecule has 2 aromatic rings. The standard InChI is InChI=1S/C17H19ClN2O3S/c1-13-11-15(18)7-8-16(13)20-17(21)12-19-24(22,23)10-9-14-5-3-2-4-6-14/h2-8,11,19H,9-10,12H2,1H3,(H,20,21). The lowest BCUT2D eigenvalue weighted by molar-refractivity contribution is -0.115. The summed E-state index contributed by atoms with van der Waals surface area (Å²) in [6, 6.07) is 14.4. The van der Waals surface area contributed by atoms with Crippen molar-refractivity contribution in [1.82, 2.24) is 4.72 Å². The fraction of sp³-hybridized carbons (Fsp3) is 0.235. The van der Waals surface area contributed by atoms with Crippen molar-refractivity contribution in [3.63, 3.8) is 0 Å². The number of nitrogens with one attached hydrogen (secondary N) is 2. The number of benzene rings is 2. The number of sulfonamides is 1. The molecule has 0 saturated carbocycles. The summed E-state index contributed by atoms with van der Waals surface area (Å²) in [5, 5.41) is 3.24. The molecule has 0 aliphatic heterocycles. The lowest BCUT2D eigenvalue weighted by Gasteiger charge is -2.10. The van der Waals surface area contributed by atoms with Crippen molar-refractivity contribution in [3.8, 4) is 0 Å². The van der Waals surface area contributed by atoms with Crippen molar-refractivity contribution in [2.24, 2.45) is 0 Å². The van der Waals surface area contributed by atoms with Crippen molar-refractivity contribution in [1.29, 1.82) is 0 Å². The molecule has 0 aromatic heterocycles. The predicted octanol–water partition coefficient (Wildman–Crippen LogP) is 2.75. The van der Waals surface area contributed by atoms with Gasteiger partial charge in [0, 0.05) is 10.7 Å². The van der Waals surface area contributed by atoms with Crippen LogP contribution in [0.25, 0.3) is 0 Å². The Morgan fingerprint density at radius 3 is 2.50 bits per heavy atom. The highest BCUT2D eigenvalue weighted by Crippen LogP contribution is 2.19. The number of aryl methyl sites for hydroxylation is 2. The normalized spacial score (nSPS) is 11.2. The smallest absolute Gasteiger partial charge is 0.239 e. The SMILES string of the molecule is Cc1cc(Cl)ccc1NC(=O)CNS(=O)(=O)CCc1ccccc1. The lowest BCUT2D eigenvalue weighted by Crippen LogP contribution is -2.34. The summed E-state index contributed by atoms with van der Waals surface area (Å²) in [5.41, 5.74) is 2.35. The van der Waals surface area contributed by atoms with Gasteiger partial charge in [-0.25, -0.2) is 13.1 Å². The van der Waals surface area contributed by atoms with Gasteiger partial charge in [0.05, 0.1) is 12.3 Å². The van der Waals surface area contributed by atoms with Gasteiger partial charge < -0.3 is 5.32 Å². The van der Waals surface area contributed by atoms with Crippen LogP contribution in [0.4, 0.5) is 5.69 Å². The van der Waals surface area contributed by atoms with E-state index in [4.69, 9.17) is 11.6 Å². The first kappa shape index (κ1) is 18.4. The van der Waals surface area contributed by atoms with Crippen LogP contribution in [0.2, 0.25) is 5.02 Å². The third-order valence-corrected chi connectivity index (χ3v) is 4.98. The zero-order valence-electron chi connectivity index (χ0n) is 13.3. The highest BCUT2D eigenvalue weighted by Gasteiger charge is 2.13. The fourth-order valence-electron chi connectivity index (χ4n) is 2.11. The van der Waals surface area contributed by atoms with Crippen LogP contribution in [-0.4, -0.2) is 26.6 Å². The Bertz CT molecular complexity index is 808. The first-order chi connectivity index (χ1) is 11.4. The summed E-state index contributed by atoms with van der Waals surface area (Å²) < 4.78 is 26.2. The number of halogens is 1. The fourth-order valence-corrected chi connectivity index (χ4v) is 3.33. The topological polar surface area (TPSA) is 75.3 Å². The minimum absolute atomic E-state index is 0.0652. The largest absolute Gasteiger partial charge is 0.325 e. The van der Waals surface area contributed by atoms with Crippen LogP contribution in [0.3, 0.4) is 0 Å². The van der Waals surface area contributed by atoms with Crippen molar-refractivity contribution >= 4 is 33.2 Å². The van der Waals surface area contributed by atoms with Gasteiger partial charge in [0.15, 0.2) is 0 Å². The number of hydrogen-bond acceptors (Lipinski definition) is 3. The molecule has 0 unspecified atom stereocenters. The molecule has 1 amide bonds. The second kappa shape index (κ2) is 8.28. The van der Waals surface area contributed by atoms with Gasteiger partial charge in [-0.3, -0.25) is 4.79 Å². The lowest BCUT2D eigenvalue weighted by atomic mass is 10.2. The summed E-state index contributed by atoms with van der Waals surface area (Å²) in [6.07, 6.45) is 0.397. The molecule has 0 aliphatic carbocycles. The van der Waals surface area contributed by atoms with Gasteiger partial charge >= 0.3 is 0 Å². The van der Waals surface area contributed by atoms with E-state index >= 15 is 0 Å². The molecule has 24 heavy (non-hydrogen) atoms. The maximum Gasteiger partial charge on any atom is 0.239 e. The van der Waals surface area contributed by atoms with E-state index in [0.717, 1.165) is 11.1 Å². The molecular weight excluding hydrogens is 348 g/mol. The summed E-state index contributed by atoms with van der Waals surface area (Å²) in [6.45, 7) is 1.50. The van der Waals surface area contributed by atoms with E-state index in [1.165, 1.54) is 0 Å². The van der Waals surface area contributed by atoms with Gasteiger partial charge in [-0.1, -0.05) is 41.9 Å². The number of carbonyl (C=O) groups excluding carboxylic acids is 1. The van der Waals surface area contributed by atoms with Gasteiger partial charge in [-0.2, -0.15) is 0 Å². The third-order valence-electron chi connectivity index (χ3n) is 3.42. The van der Waals surface area contributed by atoms with Gasteiger partial charge in [0.25, 0.3) is 0 Å². The monoisotopic (exact) mass is 366 g/mol. The Kier molecular flexibility index (Phi) is 6.36. The number of amides is 1. The van der Waals surface area contributed by atoms with E-state index in [9.17, 15) is 13.2 Å². The van der Waals surface area contributed by atoms with Crippen LogP contribution in [-0.2, 0) is 21.2 Å². The Morgan fingerprint density at radius 2 is 1.83 bits per heavy atom. The molecule has 0 aliphatic rings. The van der Waals surface area contributed by atoms with E-state index < -0.39 is 15.9 Å². The van der Waals surface area contributed by atoms with Crippen LogP contribution in [0.1, 0.15) is 11.1 Å². The number of anilines is 1. The maximum absolute atomic E-state index is 12.0. The van der Waals surface area contributed by atoms with E-state index in [-0.39, 0.29) is 12.3 Å². The molecular formula is C17H19ClN2O3S. The molecule has 5 nitrogen and oxygen atoms in total. The van der Waals surface area contributed by atoms with Gasteiger partial charge in [-0.15, -0.1) is 0 Å². The third kappa shape index (κ3) is 5.96. The number of hydrogen-bond donors (Lipinski definition) is 2. The summed E-state index contributed by atoms with van der Waals surface area (Å²) in [7, 11) is -3.52. The Morgan fingerprint density at radius 1 is 1.12 bits per heavy atom. The molecule has 0 bridgehead atoms. The molecule has 0 radical (unpaired) electrons. The van der Waals surface area contributed by atoms with Gasteiger partial charge in [0.2, 0.25) is 15.9 Å². The second-order valence-electron chi connectivity index (χ2n) is 5.38. The highest BCUT2D eigenvalue weighted by molar-refractivity contribution is 7.89. The first-order valence-electron chi connectivity index (χ1n) is 7.43. The summed E-state index contributed by atoms with van der Waals surface area (Å²) in [5.74, 6) is -0.492. The molecule has 0 atom stereocenters. The summed E-state index contributed by atoms with van der Waals surface area (Å²) in [4.78, 5) is 11.9. The molecule has 7 heteroatoms. The molecule has 2 aromatic carbocycles. The average molecular weight is 367 g/mol. The highest BCUT2D eigenvalue weighted by atomic mass is 35.5. The van der Waals surface area contributed by atoms with E-state index in [1.807, 2.05) is 37.3 Å². The number of rotatable bonds is 7. The van der Waals surface area contributed by atoms with Crippen LogP contribution in [0, 0.1) is 6.92 Å². The summed E-state index contributed by atoms with van der Waals surface area (Å²) >= 11 is 5.86. The predicted molar refractivity (Wildman–Crippen MR) is 96.8 cm³/mol. The molecule has 0 heterocycles. The molecule has 2 rings (SSSR count).